The highest BCUT2D eigenvalue weighted by Crippen LogP contribution is 2.32. The predicted octanol–water partition coefficient (Wildman–Crippen LogP) is 4.74. The van der Waals surface area contributed by atoms with Crippen LogP contribution >= 0.6 is 12.2 Å². The molecular formula is C23H29N3O2S. The monoisotopic (exact) mass is 411 g/mol. The lowest BCUT2D eigenvalue weighted by molar-refractivity contribution is 0.171. The fraction of sp³-hybridized carbons (Fsp3) is 0.435. The topological polar surface area (TPSA) is 45.8 Å². The van der Waals surface area contributed by atoms with Crippen molar-refractivity contribution in [3.05, 3.63) is 48.0 Å². The zero-order valence-corrected chi connectivity index (χ0v) is 17.9. The summed E-state index contributed by atoms with van der Waals surface area (Å²) < 4.78 is 11.2. The van der Waals surface area contributed by atoms with Crippen LogP contribution < -0.4 is 25.0 Å². The van der Waals surface area contributed by atoms with E-state index in [-0.39, 0.29) is 6.04 Å². The quantitative estimate of drug-likeness (QED) is 0.709. The van der Waals surface area contributed by atoms with E-state index >= 15 is 0 Å². The Kier molecular flexibility index (Phi) is 6.09. The van der Waals surface area contributed by atoms with Crippen LogP contribution in [-0.2, 0) is 0 Å². The van der Waals surface area contributed by atoms with Crippen molar-refractivity contribution in [1.29, 1.82) is 0 Å². The lowest BCUT2D eigenvalue weighted by atomic mass is 9.99. The van der Waals surface area contributed by atoms with Crippen molar-refractivity contribution in [1.82, 2.24) is 5.32 Å². The minimum Gasteiger partial charge on any atom is -0.486 e. The molecule has 0 aromatic heterocycles. The maximum atomic E-state index is 5.63. The number of nitrogens with one attached hydrogen (secondary N) is 2. The maximum absolute atomic E-state index is 5.63. The van der Waals surface area contributed by atoms with E-state index in [4.69, 9.17) is 21.7 Å². The first-order valence-electron chi connectivity index (χ1n) is 10.4. The summed E-state index contributed by atoms with van der Waals surface area (Å²) in [5, 5.41) is 7.19. The SMILES string of the molecule is C[C@@H]1CCCN(c2ccc([C@H](C)NC(=S)Nc3ccc4c(c3)OCCO4)cc2)C1. The molecule has 2 aromatic carbocycles. The first-order chi connectivity index (χ1) is 14.1. The van der Waals surface area contributed by atoms with Crippen molar-refractivity contribution in [2.45, 2.75) is 32.7 Å². The van der Waals surface area contributed by atoms with Gasteiger partial charge in [0, 0.05) is 30.5 Å². The number of fused-ring (bicyclic) bond motifs is 1. The van der Waals surface area contributed by atoms with Crippen LogP contribution in [0.1, 0.15) is 38.3 Å². The molecule has 2 aliphatic rings. The second kappa shape index (κ2) is 8.91. The second-order valence-corrected chi connectivity index (χ2v) is 8.37. The summed E-state index contributed by atoms with van der Waals surface area (Å²) in [6, 6.07) is 14.7. The summed E-state index contributed by atoms with van der Waals surface area (Å²) in [4.78, 5) is 2.49. The van der Waals surface area contributed by atoms with Gasteiger partial charge in [-0.2, -0.15) is 0 Å². The van der Waals surface area contributed by atoms with Gasteiger partial charge in [0.25, 0.3) is 0 Å². The number of hydrogen-bond donors (Lipinski definition) is 2. The number of hydrogen-bond acceptors (Lipinski definition) is 4. The molecule has 2 heterocycles. The molecule has 4 rings (SSSR count). The zero-order chi connectivity index (χ0) is 20.2. The summed E-state index contributed by atoms with van der Waals surface area (Å²) >= 11 is 5.51. The number of benzene rings is 2. The molecule has 1 saturated heterocycles. The molecule has 154 valence electrons. The average molecular weight is 412 g/mol. The lowest BCUT2D eigenvalue weighted by Crippen LogP contribution is -2.34. The normalized spacial score (nSPS) is 19.4. The van der Waals surface area contributed by atoms with Crippen molar-refractivity contribution in [2.24, 2.45) is 5.92 Å². The van der Waals surface area contributed by atoms with Gasteiger partial charge in [0.05, 0.1) is 6.04 Å². The molecule has 2 aliphatic heterocycles. The van der Waals surface area contributed by atoms with Crippen LogP contribution in [-0.4, -0.2) is 31.4 Å². The third-order valence-corrected chi connectivity index (χ3v) is 5.78. The van der Waals surface area contributed by atoms with Gasteiger partial charge in [-0.3, -0.25) is 0 Å². The molecule has 0 bridgehead atoms. The third-order valence-electron chi connectivity index (χ3n) is 5.56. The third kappa shape index (κ3) is 4.93. The van der Waals surface area contributed by atoms with E-state index in [9.17, 15) is 0 Å². The van der Waals surface area contributed by atoms with Gasteiger partial charge in [0.1, 0.15) is 13.2 Å². The summed E-state index contributed by atoms with van der Waals surface area (Å²) in [6.45, 7) is 7.92. The van der Waals surface area contributed by atoms with E-state index in [1.165, 1.54) is 24.1 Å². The fourth-order valence-electron chi connectivity index (χ4n) is 3.97. The Morgan fingerprint density at radius 2 is 1.86 bits per heavy atom. The van der Waals surface area contributed by atoms with Gasteiger partial charge in [-0.15, -0.1) is 0 Å². The first-order valence-corrected chi connectivity index (χ1v) is 10.8. The average Bonchev–Trinajstić information content (AvgIpc) is 2.73. The van der Waals surface area contributed by atoms with E-state index in [0.717, 1.165) is 36.2 Å². The van der Waals surface area contributed by atoms with Crippen LogP contribution in [0.4, 0.5) is 11.4 Å². The van der Waals surface area contributed by atoms with E-state index in [0.29, 0.717) is 18.3 Å². The highest BCUT2D eigenvalue weighted by molar-refractivity contribution is 7.80. The Balaban J connectivity index is 1.33. The Bertz CT molecular complexity index is 856. The molecule has 1 fully saturated rings. The lowest BCUT2D eigenvalue weighted by Gasteiger charge is -2.33. The molecule has 29 heavy (non-hydrogen) atoms. The van der Waals surface area contributed by atoms with Crippen LogP contribution in [0.3, 0.4) is 0 Å². The number of ether oxygens (including phenoxy) is 2. The van der Waals surface area contributed by atoms with Gasteiger partial charge in [0.15, 0.2) is 16.6 Å². The van der Waals surface area contributed by atoms with Gasteiger partial charge < -0.3 is 25.0 Å². The number of anilines is 2. The van der Waals surface area contributed by atoms with Gasteiger partial charge in [-0.25, -0.2) is 0 Å². The molecule has 0 radical (unpaired) electrons. The zero-order valence-electron chi connectivity index (χ0n) is 17.1. The van der Waals surface area contributed by atoms with Crippen LogP contribution in [0.25, 0.3) is 0 Å². The van der Waals surface area contributed by atoms with Gasteiger partial charge in [-0.05, 0) is 67.7 Å². The number of rotatable bonds is 4. The molecule has 0 amide bonds. The first kappa shape index (κ1) is 19.8. The molecule has 0 saturated carbocycles. The predicted molar refractivity (Wildman–Crippen MR) is 122 cm³/mol. The standard InChI is InChI=1S/C23H29N3O2S/c1-16-4-3-11-26(15-16)20-8-5-18(6-9-20)17(2)24-23(29)25-19-7-10-21-22(14-19)28-13-12-27-21/h5-10,14,16-17H,3-4,11-13,15H2,1-2H3,(H2,24,25,29)/t16-,17+/m1/s1. The van der Waals surface area contributed by atoms with E-state index in [2.05, 4.69) is 53.6 Å². The van der Waals surface area contributed by atoms with Crippen molar-refractivity contribution < 1.29 is 9.47 Å². The van der Waals surface area contributed by atoms with Crippen molar-refractivity contribution in [3.8, 4) is 11.5 Å². The van der Waals surface area contributed by atoms with E-state index in [1.54, 1.807) is 0 Å². The van der Waals surface area contributed by atoms with Crippen LogP contribution in [0, 0.1) is 5.92 Å². The number of thiocarbonyl (C=S) groups is 1. The Hall–Kier alpha value is -2.47. The number of nitrogens with zero attached hydrogens (tertiary/aromatic N) is 1. The smallest absolute Gasteiger partial charge is 0.171 e. The minimum atomic E-state index is 0.113. The second-order valence-electron chi connectivity index (χ2n) is 7.96. The van der Waals surface area contributed by atoms with Gasteiger partial charge in [-0.1, -0.05) is 19.1 Å². The van der Waals surface area contributed by atoms with Crippen molar-refractivity contribution in [3.63, 3.8) is 0 Å². The van der Waals surface area contributed by atoms with E-state index in [1.807, 2.05) is 18.2 Å². The molecule has 2 atom stereocenters. The van der Waals surface area contributed by atoms with Gasteiger partial charge >= 0.3 is 0 Å². The van der Waals surface area contributed by atoms with E-state index < -0.39 is 0 Å². The Morgan fingerprint density at radius 1 is 1.10 bits per heavy atom. The van der Waals surface area contributed by atoms with Crippen LogP contribution in [0.5, 0.6) is 11.5 Å². The number of piperidine rings is 1. The fourth-order valence-corrected chi connectivity index (χ4v) is 4.26. The summed E-state index contributed by atoms with van der Waals surface area (Å²) in [6.07, 6.45) is 2.62. The Labute approximate surface area is 178 Å². The van der Waals surface area contributed by atoms with Crippen molar-refractivity contribution >= 4 is 28.7 Å². The van der Waals surface area contributed by atoms with Crippen molar-refractivity contribution in [2.75, 3.05) is 36.5 Å². The molecule has 5 nitrogen and oxygen atoms in total. The molecule has 2 aromatic rings. The largest absolute Gasteiger partial charge is 0.486 e. The molecular weight excluding hydrogens is 382 g/mol. The molecule has 0 spiro atoms. The summed E-state index contributed by atoms with van der Waals surface area (Å²) in [5.41, 5.74) is 3.41. The highest BCUT2D eigenvalue weighted by atomic mass is 32.1. The molecule has 0 aliphatic carbocycles. The van der Waals surface area contributed by atoms with Crippen LogP contribution in [0.2, 0.25) is 0 Å². The Morgan fingerprint density at radius 3 is 2.62 bits per heavy atom. The molecule has 0 unspecified atom stereocenters. The minimum absolute atomic E-state index is 0.113. The van der Waals surface area contributed by atoms with Gasteiger partial charge in [0.2, 0.25) is 0 Å². The highest BCUT2D eigenvalue weighted by Gasteiger charge is 2.17. The molecule has 2 N–H and O–H groups in total. The summed E-state index contributed by atoms with van der Waals surface area (Å²) in [5.74, 6) is 2.30. The summed E-state index contributed by atoms with van der Waals surface area (Å²) in [7, 11) is 0. The van der Waals surface area contributed by atoms with Crippen LogP contribution in [0.15, 0.2) is 42.5 Å². The maximum Gasteiger partial charge on any atom is 0.171 e. The molecule has 6 heteroatoms.